The third-order valence-corrected chi connectivity index (χ3v) is 3.82. The molecule has 3 amide bonds. The molecule has 0 aromatic heterocycles. The fourth-order valence-corrected chi connectivity index (χ4v) is 2.43. The number of ether oxygens (including phenoxy) is 1. The quantitative estimate of drug-likeness (QED) is 0.617. The monoisotopic (exact) mass is 367 g/mol. The van der Waals surface area contributed by atoms with Gasteiger partial charge in [-0.2, -0.15) is 0 Å². The zero-order valence-electron chi connectivity index (χ0n) is 14.5. The van der Waals surface area contributed by atoms with E-state index in [0.717, 1.165) is 10.8 Å². The molecule has 1 atom stereocenters. The summed E-state index contributed by atoms with van der Waals surface area (Å²) in [5.41, 5.74) is 4.39. The van der Waals surface area contributed by atoms with Crippen molar-refractivity contribution in [3.8, 4) is 5.75 Å². The number of hydrogen-bond acceptors (Lipinski definition) is 3. The lowest BCUT2D eigenvalue weighted by molar-refractivity contribution is -0.127. The van der Waals surface area contributed by atoms with Crippen molar-refractivity contribution >= 4 is 28.4 Å². The Balaban J connectivity index is 1.52. The molecule has 3 rings (SSSR count). The van der Waals surface area contributed by atoms with Crippen LogP contribution in [-0.4, -0.2) is 18.0 Å². The predicted molar refractivity (Wildman–Crippen MR) is 101 cm³/mol. The Morgan fingerprint density at radius 2 is 1.63 bits per heavy atom. The normalized spacial score (nSPS) is 11.5. The van der Waals surface area contributed by atoms with Crippen LogP contribution < -0.4 is 20.9 Å². The van der Waals surface area contributed by atoms with Crippen molar-refractivity contribution in [1.29, 1.82) is 0 Å². The van der Waals surface area contributed by atoms with E-state index in [4.69, 9.17) is 4.74 Å². The molecule has 6 nitrogen and oxygen atoms in total. The number of hydrogen-bond donors (Lipinski definition) is 3. The molecule has 0 aliphatic heterocycles. The Morgan fingerprint density at radius 3 is 2.41 bits per heavy atom. The van der Waals surface area contributed by atoms with Crippen molar-refractivity contribution in [1.82, 2.24) is 10.9 Å². The fraction of sp³-hybridized carbons (Fsp3) is 0.100. The van der Waals surface area contributed by atoms with E-state index in [2.05, 4.69) is 16.2 Å². The molecule has 0 bridgehead atoms. The van der Waals surface area contributed by atoms with Crippen molar-refractivity contribution < 1.29 is 18.7 Å². The maximum atomic E-state index is 13.5. The summed E-state index contributed by atoms with van der Waals surface area (Å²) in [6.45, 7) is 1.56. The summed E-state index contributed by atoms with van der Waals surface area (Å²) in [5.74, 6) is -0.592. The number of para-hydroxylation sites is 1. The average Bonchev–Trinajstić information content (AvgIpc) is 2.67. The molecule has 0 fully saturated rings. The molecule has 3 N–H and O–H groups in total. The molecule has 0 spiro atoms. The molecule has 0 saturated carbocycles. The second-order valence-electron chi connectivity index (χ2n) is 5.82. The highest BCUT2D eigenvalue weighted by atomic mass is 19.1. The van der Waals surface area contributed by atoms with E-state index in [-0.39, 0.29) is 5.69 Å². The lowest BCUT2D eigenvalue weighted by atomic mass is 10.1. The first-order valence-corrected chi connectivity index (χ1v) is 8.30. The van der Waals surface area contributed by atoms with Crippen molar-refractivity contribution in [2.45, 2.75) is 13.0 Å². The minimum Gasteiger partial charge on any atom is -0.481 e. The molecule has 3 aromatic carbocycles. The van der Waals surface area contributed by atoms with Gasteiger partial charge in [0.1, 0.15) is 11.6 Å². The summed E-state index contributed by atoms with van der Waals surface area (Å²) in [5, 5.41) is 4.35. The number of rotatable bonds is 4. The number of fused-ring (bicyclic) bond motifs is 1. The largest absolute Gasteiger partial charge is 0.481 e. The third kappa shape index (κ3) is 4.72. The maximum Gasteiger partial charge on any atom is 0.338 e. The van der Waals surface area contributed by atoms with E-state index in [1.165, 1.54) is 18.2 Å². The molecule has 0 radical (unpaired) electrons. The Hall–Kier alpha value is -3.61. The first-order valence-electron chi connectivity index (χ1n) is 8.30. The van der Waals surface area contributed by atoms with Crippen molar-refractivity contribution in [2.24, 2.45) is 0 Å². The van der Waals surface area contributed by atoms with Crippen molar-refractivity contribution in [2.75, 3.05) is 5.32 Å². The van der Waals surface area contributed by atoms with Gasteiger partial charge in [-0.05, 0) is 42.0 Å². The zero-order valence-corrected chi connectivity index (χ0v) is 14.5. The van der Waals surface area contributed by atoms with Gasteiger partial charge in [0.15, 0.2) is 6.10 Å². The van der Waals surface area contributed by atoms with Crippen molar-refractivity contribution in [3.63, 3.8) is 0 Å². The SMILES string of the molecule is CC(Oc1ccc2ccccc2c1)C(=O)NNC(=O)Nc1ccccc1F. The summed E-state index contributed by atoms with van der Waals surface area (Å²) in [6, 6.07) is 18.2. The molecule has 0 heterocycles. The van der Waals surface area contributed by atoms with Crippen LogP contribution >= 0.6 is 0 Å². The van der Waals surface area contributed by atoms with Crippen LogP contribution in [0.3, 0.4) is 0 Å². The second kappa shape index (κ2) is 8.18. The summed E-state index contributed by atoms with van der Waals surface area (Å²) in [4.78, 5) is 23.8. The van der Waals surface area contributed by atoms with E-state index in [0.29, 0.717) is 5.75 Å². The molecule has 1 unspecified atom stereocenters. The van der Waals surface area contributed by atoms with Crippen LogP contribution in [0.2, 0.25) is 0 Å². The first-order chi connectivity index (χ1) is 13.0. The Kier molecular flexibility index (Phi) is 5.51. The van der Waals surface area contributed by atoms with Crippen LogP contribution in [0.15, 0.2) is 66.7 Å². The van der Waals surface area contributed by atoms with Crippen LogP contribution in [-0.2, 0) is 4.79 Å². The molecule has 0 aliphatic carbocycles. The molecule has 7 heteroatoms. The molecule has 27 heavy (non-hydrogen) atoms. The summed E-state index contributed by atoms with van der Waals surface area (Å²) >= 11 is 0. The highest BCUT2D eigenvalue weighted by Crippen LogP contribution is 2.21. The number of hydrazine groups is 1. The van der Waals surface area contributed by atoms with E-state index in [1.807, 2.05) is 36.4 Å². The van der Waals surface area contributed by atoms with Gasteiger partial charge < -0.3 is 10.1 Å². The van der Waals surface area contributed by atoms with Crippen LogP contribution in [0.4, 0.5) is 14.9 Å². The van der Waals surface area contributed by atoms with E-state index in [9.17, 15) is 14.0 Å². The third-order valence-electron chi connectivity index (χ3n) is 3.82. The van der Waals surface area contributed by atoms with Crippen LogP contribution in [0.25, 0.3) is 10.8 Å². The number of urea groups is 1. The minimum absolute atomic E-state index is 0.00436. The Bertz CT molecular complexity index is 977. The van der Waals surface area contributed by atoms with E-state index in [1.54, 1.807) is 19.1 Å². The van der Waals surface area contributed by atoms with Gasteiger partial charge in [-0.25, -0.2) is 14.6 Å². The smallest absolute Gasteiger partial charge is 0.338 e. The summed E-state index contributed by atoms with van der Waals surface area (Å²) < 4.78 is 19.1. The second-order valence-corrected chi connectivity index (χ2v) is 5.82. The average molecular weight is 367 g/mol. The first kappa shape index (κ1) is 18.2. The number of carbonyl (C=O) groups is 2. The van der Waals surface area contributed by atoms with Gasteiger partial charge in [-0.15, -0.1) is 0 Å². The van der Waals surface area contributed by atoms with Gasteiger partial charge in [-0.3, -0.25) is 10.2 Å². The van der Waals surface area contributed by atoms with Gasteiger partial charge >= 0.3 is 6.03 Å². The van der Waals surface area contributed by atoms with Gasteiger partial charge in [-0.1, -0.05) is 42.5 Å². The molecule has 3 aromatic rings. The molecular formula is C20H18FN3O3. The molecule has 138 valence electrons. The topological polar surface area (TPSA) is 79.5 Å². The maximum absolute atomic E-state index is 13.5. The number of anilines is 1. The minimum atomic E-state index is -0.847. The lowest BCUT2D eigenvalue weighted by Gasteiger charge is -2.16. The van der Waals surface area contributed by atoms with E-state index >= 15 is 0 Å². The highest BCUT2D eigenvalue weighted by Gasteiger charge is 2.16. The zero-order chi connectivity index (χ0) is 19.2. The molecule has 0 aliphatic rings. The van der Waals surface area contributed by atoms with Gasteiger partial charge in [0, 0.05) is 0 Å². The number of nitrogens with one attached hydrogen (secondary N) is 3. The Morgan fingerprint density at radius 1 is 0.926 bits per heavy atom. The molecule has 0 saturated heterocycles. The van der Waals surface area contributed by atoms with Crippen LogP contribution in [0.5, 0.6) is 5.75 Å². The van der Waals surface area contributed by atoms with Crippen LogP contribution in [0.1, 0.15) is 6.92 Å². The number of amides is 3. The van der Waals surface area contributed by atoms with Crippen molar-refractivity contribution in [3.05, 3.63) is 72.5 Å². The number of carbonyl (C=O) groups excluding carboxylic acids is 2. The lowest BCUT2D eigenvalue weighted by Crippen LogP contribution is -2.48. The standard InChI is InChI=1S/C20H18FN3O3/c1-13(27-16-11-10-14-6-2-3-7-15(14)12-16)19(25)23-24-20(26)22-18-9-5-4-8-17(18)21/h2-13H,1H3,(H,23,25)(H2,22,24,26). The summed E-state index contributed by atoms with van der Waals surface area (Å²) in [7, 11) is 0. The van der Waals surface area contributed by atoms with Gasteiger partial charge in [0.25, 0.3) is 5.91 Å². The predicted octanol–water partition coefficient (Wildman–Crippen LogP) is 3.60. The molecular weight excluding hydrogens is 349 g/mol. The Labute approximate surface area is 155 Å². The number of halogens is 1. The van der Waals surface area contributed by atoms with Gasteiger partial charge in [0.05, 0.1) is 5.69 Å². The van der Waals surface area contributed by atoms with E-state index < -0.39 is 23.9 Å². The highest BCUT2D eigenvalue weighted by molar-refractivity contribution is 5.91. The number of benzene rings is 3. The summed E-state index contributed by atoms with van der Waals surface area (Å²) in [6.07, 6.45) is -0.847. The van der Waals surface area contributed by atoms with Gasteiger partial charge in [0.2, 0.25) is 0 Å². The fourth-order valence-electron chi connectivity index (χ4n) is 2.43. The van der Waals surface area contributed by atoms with Crippen LogP contribution in [0, 0.1) is 5.82 Å².